The van der Waals surface area contributed by atoms with Crippen LogP contribution in [-0.4, -0.2) is 23.9 Å². The number of hydrogen-bond acceptors (Lipinski definition) is 1. The smallest absolute Gasteiger partial charge is 0.227 e. The number of amides is 1. The van der Waals surface area contributed by atoms with Crippen LogP contribution in [0.2, 0.25) is 0 Å². The van der Waals surface area contributed by atoms with Crippen molar-refractivity contribution in [1.29, 1.82) is 0 Å². The van der Waals surface area contributed by atoms with Crippen LogP contribution < -0.4 is 0 Å². The van der Waals surface area contributed by atoms with Crippen LogP contribution in [0.1, 0.15) is 36.3 Å². The average Bonchev–Trinajstić information content (AvgIpc) is 2.84. The maximum absolute atomic E-state index is 13.1. The molecule has 0 aromatic heterocycles. The molecule has 0 bridgehead atoms. The first-order valence-corrected chi connectivity index (χ1v) is 8.39. The van der Waals surface area contributed by atoms with Gasteiger partial charge in [-0.2, -0.15) is 0 Å². The molecule has 0 N–H and O–H groups in total. The van der Waals surface area contributed by atoms with Crippen molar-refractivity contribution < 1.29 is 13.6 Å². The first-order chi connectivity index (χ1) is 11.6. The summed E-state index contributed by atoms with van der Waals surface area (Å²) in [5, 5.41) is 0. The Labute approximate surface area is 141 Å². The van der Waals surface area contributed by atoms with Gasteiger partial charge in [0.25, 0.3) is 0 Å². The summed E-state index contributed by atoms with van der Waals surface area (Å²) in [7, 11) is 0. The molecule has 2 aromatic carbocycles. The third-order valence-corrected chi connectivity index (χ3v) is 4.63. The van der Waals surface area contributed by atoms with Gasteiger partial charge in [0, 0.05) is 19.0 Å². The van der Waals surface area contributed by atoms with Crippen LogP contribution in [0.5, 0.6) is 0 Å². The predicted octanol–water partition coefficient (Wildman–Crippen LogP) is 4.30. The zero-order chi connectivity index (χ0) is 16.9. The van der Waals surface area contributed by atoms with E-state index in [-0.39, 0.29) is 29.9 Å². The lowest BCUT2D eigenvalue weighted by molar-refractivity contribution is -0.130. The fourth-order valence-corrected chi connectivity index (χ4v) is 3.26. The maximum atomic E-state index is 13.1. The van der Waals surface area contributed by atoms with Gasteiger partial charge in [-0.1, -0.05) is 30.7 Å². The van der Waals surface area contributed by atoms with E-state index in [0.29, 0.717) is 6.54 Å². The van der Waals surface area contributed by atoms with E-state index >= 15 is 0 Å². The lowest BCUT2D eigenvalue weighted by atomic mass is 9.94. The Bertz CT molecular complexity index is 682. The van der Waals surface area contributed by atoms with E-state index in [2.05, 4.69) is 0 Å². The topological polar surface area (TPSA) is 20.3 Å². The quantitative estimate of drug-likeness (QED) is 0.822. The predicted molar refractivity (Wildman–Crippen MR) is 89.7 cm³/mol. The molecule has 4 heteroatoms. The van der Waals surface area contributed by atoms with Crippen molar-refractivity contribution in [3.8, 4) is 0 Å². The van der Waals surface area contributed by atoms with E-state index in [1.165, 1.54) is 24.3 Å². The van der Waals surface area contributed by atoms with E-state index < -0.39 is 0 Å². The Morgan fingerprint density at radius 3 is 2.25 bits per heavy atom. The second-order valence-electron chi connectivity index (χ2n) is 6.39. The molecule has 1 atom stereocenters. The Hall–Kier alpha value is -2.23. The van der Waals surface area contributed by atoms with E-state index in [1.54, 1.807) is 12.1 Å². The fraction of sp³-hybridized carbons (Fsp3) is 0.350. The molecule has 1 amide bonds. The molecule has 0 saturated carbocycles. The van der Waals surface area contributed by atoms with Gasteiger partial charge in [-0.05, 0) is 48.2 Å². The number of likely N-dealkylation sites (tertiary alicyclic amines) is 1. The normalized spacial score (nSPS) is 18.2. The molecular formula is C20H21F2NO. The van der Waals surface area contributed by atoms with Crippen molar-refractivity contribution in [1.82, 2.24) is 4.90 Å². The molecule has 2 nitrogen and oxygen atoms in total. The summed E-state index contributed by atoms with van der Waals surface area (Å²) in [6, 6.07) is 12.7. The highest BCUT2D eigenvalue weighted by Crippen LogP contribution is 2.27. The summed E-state index contributed by atoms with van der Waals surface area (Å²) < 4.78 is 26.1. The molecule has 24 heavy (non-hydrogen) atoms. The summed E-state index contributed by atoms with van der Waals surface area (Å²) in [6.45, 7) is 1.41. The Kier molecular flexibility index (Phi) is 5.24. The zero-order valence-electron chi connectivity index (χ0n) is 13.6. The van der Waals surface area contributed by atoms with Gasteiger partial charge in [0.05, 0.1) is 6.42 Å². The minimum absolute atomic E-state index is 0.0654. The van der Waals surface area contributed by atoms with Crippen LogP contribution in [-0.2, 0) is 11.2 Å². The van der Waals surface area contributed by atoms with Crippen molar-refractivity contribution in [2.45, 2.75) is 31.6 Å². The molecule has 0 aliphatic carbocycles. The molecule has 126 valence electrons. The number of carbonyl (C=O) groups is 1. The molecular weight excluding hydrogens is 308 g/mol. The summed E-state index contributed by atoms with van der Waals surface area (Å²) in [4.78, 5) is 14.5. The minimum atomic E-state index is -0.294. The van der Waals surface area contributed by atoms with Crippen LogP contribution in [0.15, 0.2) is 48.5 Å². The number of nitrogens with zero attached hydrogens (tertiary/aromatic N) is 1. The summed E-state index contributed by atoms with van der Waals surface area (Å²) in [5.74, 6) is -0.227. The first-order valence-electron chi connectivity index (χ1n) is 8.39. The van der Waals surface area contributed by atoms with Crippen LogP contribution >= 0.6 is 0 Å². The lowest BCUT2D eigenvalue weighted by Gasteiger charge is -2.25. The molecule has 1 fully saturated rings. The zero-order valence-corrected chi connectivity index (χ0v) is 13.6. The highest BCUT2D eigenvalue weighted by atomic mass is 19.1. The third-order valence-electron chi connectivity index (χ3n) is 4.63. The number of rotatable bonds is 3. The van der Waals surface area contributed by atoms with Gasteiger partial charge in [-0.15, -0.1) is 0 Å². The van der Waals surface area contributed by atoms with Crippen molar-refractivity contribution in [2.75, 3.05) is 13.1 Å². The number of hydrogen-bond donors (Lipinski definition) is 0. The van der Waals surface area contributed by atoms with Gasteiger partial charge in [0.2, 0.25) is 5.91 Å². The highest BCUT2D eigenvalue weighted by Gasteiger charge is 2.23. The number of benzene rings is 2. The van der Waals surface area contributed by atoms with Crippen molar-refractivity contribution in [2.24, 2.45) is 0 Å². The van der Waals surface area contributed by atoms with Crippen LogP contribution in [0, 0.1) is 11.6 Å². The van der Waals surface area contributed by atoms with E-state index in [1.807, 2.05) is 17.0 Å². The second kappa shape index (κ2) is 7.56. The average molecular weight is 329 g/mol. The molecule has 1 heterocycles. The van der Waals surface area contributed by atoms with Gasteiger partial charge < -0.3 is 4.90 Å². The Morgan fingerprint density at radius 1 is 0.958 bits per heavy atom. The van der Waals surface area contributed by atoms with E-state index in [4.69, 9.17) is 0 Å². The van der Waals surface area contributed by atoms with Crippen LogP contribution in [0.4, 0.5) is 8.78 Å². The molecule has 2 aromatic rings. The van der Waals surface area contributed by atoms with Crippen molar-refractivity contribution >= 4 is 5.91 Å². The van der Waals surface area contributed by atoms with Gasteiger partial charge in [-0.3, -0.25) is 4.79 Å². The first kappa shape index (κ1) is 16.6. The van der Waals surface area contributed by atoms with Gasteiger partial charge in [0.15, 0.2) is 0 Å². The minimum Gasteiger partial charge on any atom is -0.342 e. The molecule has 1 saturated heterocycles. The largest absolute Gasteiger partial charge is 0.342 e. The summed E-state index contributed by atoms with van der Waals surface area (Å²) in [5.41, 5.74) is 1.90. The van der Waals surface area contributed by atoms with Gasteiger partial charge in [-0.25, -0.2) is 8.78 Å². The fourth-order valence-electron chi connectivity index (χ4n) is 3.26. The summed E-state index contributed by atoms with van der Waals surface area (Å²) >= 11 is 0. The standard InChI is InChI=1S/C20H21F2NO/c21-18-8-4-15(5-9-18)13-20(24)23-12-2-1-3-17(14-23)16-6-10-19(22)11-7-16/h4-11,17H,1-3,12-14H2. The van der Waals surface area contributed by atoms with Crippen molar-refractivity contribution in [3.05, 3.63) is 71.3 Å². The Balaban J connectivity index is 1.68. The highest BCUT2D eigenvalue weighted by molar-refractivity contribution is 5.78. The van der Waals surface area contributed by atoms with E-state index in [9.17, 15) is 13.6 Å². The molecule has 3 rings (SSSR count). The Morgan fingerprint density at radius 2 is 1.58 bits per heavy atom. The van der Waals surface area contributed by atoms with E-state index in [0.717, 1.165) is 36.9 Å². The van der Waals surface area contributed by atoms with Gasteiger partial charge >= 0.3 is 0 Å². The lowest BCUT2D eigenvalue weighted by Crippen LogP contribution is -2.35. The SMILES string of the molecule is O=C(Cc1ccc(F)cc1)N1CCCCC(c2ccc(F)cc2)C1. The molecule has 0 spiro atoms. The maximum Gasteiger partial charge on any atom is 0.227 e. The number of halogens is 2. The summed E-state index contributed by atoms with van der Waals surface area (Å²) in [6.07, 6.45) is 3.33. The monoisotopic (exact) mass is 329 g/mol. The molecule has 1 aliphatic heterocycles. The third kappa shape index (κ3) is 4.19. The molecule has 1 unspecified atom stereocenters. The van der Waals surface area contributed by atoms with Crippen LogP contribution in [0.25, 0.3) is 0 Å². The number of carbonyl (C=O) groups excluding carboxylic acids is 1. The second-order valence-corrected chi connectivity index (χ2v) is 6.39. The molecule has 0 radical (unpaired) electrons. The molecule has 1 aliphatic rings. The van der Waals surface area contributed by atoms with Crippen LogP contribution in [0.3, 0.4) is 0 Å². The van der Waals surface area contributed by atoms with Crippen molar-refractivity contribution in [3.63, 3.8) is 0 Å². The van der Waals surface area contributed by atoms with Gasteiger partial charge in [0.1, 0.15) is 11.6 Å².